The molecule has 0 saturated carbocycles. The molecule has 0 aliphatic rings. The van der Waals surface area contributed by atoms with E-state index in [0.717, 1.165) is 0 Å². The van der Waals surface area contributed by atoms with Crippen molar-refractivity contribution in [3.05, 3.63) is 24.0 Å². The van der Waals surface area contributed by atoms with Gasteiger partial charge in [0.05, 0.1) is 12.2 Å². The topological polar surface area (TPSA) is 70.4 Å². The lowest BCUT2D eigenvalue weighted by Gasteiger charge is -2.02. The molecule has 1 heterocycles. The molecule has 0 fully saturated rings. The molecule has 5 heteroatoms. The second-order valence-electron chi connectivity index (χ2n) is 2.25. The van der Waals surface area contributed by atoms with E-state index in [1.54, 1.807) is 6.07 Å². The molecule has 0 radical (unpaired) electrons. The second kappa shape index (κ2) is 4.84. The molecule has 0 aliphatic carbocycles. The largest absolute Gasteiger partial charge is 0.478 e. The average molecular weight is 199 g/mol. The van der Waals surface area contributed by atoms with Gasteiger partial charge < -0.3 is 10.2 Å². The number of aliphatic hydroxyl groups is 1. The van der Waals surface area contributed by atoms with E-state index in [0.29, 0.717) is 10.6 Å². The van der Waals surface area contributed by atoms with Crippen molar-refractivity contribution in [3.63, 3.8) is 0 Å². The molecule has 0 saturated heterocycles. The molecule has 0 bridgehead atoms. The fourth-order valence-corrected chi connectivity index (χ4v) is 1.59. The number of carbonyl (C=O) groups is 1. The molecule has 1 rings (SSSR count). The number of thioether (sulfide) groups is 1. The van der Waals surface area contributed by atoms with Crippen molar-refractivity contribution >= 4 is 17.7 Å². The minimum atomic E-state index is -0.992. The van der Waals surface area contributed by atoms with Gasteiger partial charge in [-0.05, 0) is 6.07 Å². The number of pyridine rings is 1. The van der Waals surface area contributed by atoms with Crippen LogP contribution in [-0.4, -0.2) is 33.5 Å². The standard InChI is InChI=1S/C8H9NO3S/c10-3-4-13-7-1-2-9-5-6(7)8(11)12/h1-2,5,10H,3-4H2,(H,11,12). The summed E-state index contributed by atoms with van der Waals surface area (Å²) in [5.41, 5.74) is 0.181. The summed E-state index contributed by atoms with van der Waals surface area (Å²) < 4.78 is 0. The van der Waals surface area contributed by atoms with Gasteiger partial charge in [0.15, 0.2) is 0 Å². The quantitative estimate of drug-likeness (QED) is 0.704. The zero-order valence-electron chi connectivity index (χ0n) is 6.80. The Bertz CT molecular complexity index is 303. The number of hydrogen-bond donors (Lipinski definition) is 2. The van der Waals surface area contributed by atoms with Gasteiger partial charge in [-0.3, -0.25) is 4.98 Å². The van der Waals surface area contributed by atoms with E-state index in [1.165, 1.54) is 24.2 Å². The molecule has 0 unspecified atom stereocenters. The molecular formula is C8H9NO3S. The Morgan fingerprint density at radius 2 is 2.38 bits per heavy atom. The molecule has 2 N–H and O–H groups in total. The molecule has 70 valence electrons. The number of carboxylic acids is 1. The predicted octanol–water partition coefficient (Wildman–Crippen LogP) is 0.864. The van der Waals surface area contributed by atoms with Crippen LogP contribution < -0.4 is 0 Å². The number of aromatic nitrogens is 1. The molecule has 0 aromatic carbocycles. The van der Waals surface area contributed by atoms with Gasteiger partial charge in [0.1, 0.15) is 0 Å². The highest BCUT2D eigenvalue weighted by Crippen LogP contribution is 2.20. The van der Waals surface area contributed by atoms with Crippen LogP contribution in [0.1, 0.15) is 10.4 Å². The third-order valence-electron chi connectivity index (χ3n) is 1.36. The first kappa shape index (κ1) is 10.0. The van der Waals surface area contributed by atoms with Gasteiger partial charge in [0.25, 0.3) is 0 Å². The van der Waals surface area contributed by atoms with Crippen LogP contribution in [0.25, 0.3) is 0 Å². The molecule has 0 aliphatic heterocycles. The maximum Gasteiger partial charge on any atom is 0.338 e. The van der Waals surface area contributed by atoms with Crippen molar-refractivity contribution in [2.75, 3.05) is 12.4 Å². The molecule has 1 aromatic heterocycles. The summed E-state index contributed by atoms with van der Waals surface area (Å²) in [4.78, 5) is 15.0. The number of aliphatic hydroxyl groups excluding tert-OH is 1. The summed E-state index contributed by atoms with van der Waals surface area (Å²) in [6.07, 6.45) is 2.84. The van der Waals surface area contributed by atoms with E-state index < -0.39 is 5.97 Å². The lowest BCUT2D eigenvalue weighted by atomic mass is 10.3. The average Bonchev–Trinajstić information content (AvgIpc) is 2.15. The summed E-state index contributed by atoms with van der Waals surface area (Å²) in [5, 5.41) is 17.3. The van der Waals surface area contributed by atoms with E-state index in [9.17, 15) is 4.79 Å². The van der Waals surface area contributed by atoms with Crippen LogP contribution in [-0.2, 0) is 0 Å². The smallest absolute Gasteiger partial charge is 0.338 e. The SMILES string of the molecule is O=C(O)c1cnccc1SCCO. The lowest BCUT2D eigenvalue weighted by Crippen LogP contribution is -2.00. The highest BCUT2D eigenvalue weighted by Gasteiger charge is 2.09. The van der Waals surface area contributed by atoms with Crippen LogP contribution in [0.4, 0.5) is 0 Å². The van der Waals surface area contributed by atoms with Crippen LogP contribution in [0.5, 0.6) is 0 Å². The van der Waals surface area contributed by atoms with Gasteiger partial charge in [-0.1, -0.05) is 0 Å². The molecule has 4 nitrogen and oxygen atoms in total. The highest BCUT2D eigenvalue weighted by atomic mass is 32.2. The fraction of sp³-hybridized carbons (Fsp3) is 0.250. The minimum absolute atomic E-state index is 0.0338. The molecule has 0 spiro atoms. The summed E-state index contributed by atoms with van der Waals surface area (Å²) >= 11 is 1.30. The third-order valence-corrected chi connectivity index (χ3v) is 2.41. The maximum absolute atomic E-state index is 10.7. The van der Waals surface area contributed by atoms with Crippen LogP contribution in [0.15, 0.2) is 23.4 Å². The lowest BCUT2D eigenvalue weighted by molar-refractivity contribution is 0.0692. The predicted molar refractivity (Wildman–Crippen MR) is 49.0 cm³/mol. The number of rotatable bonds is 4. The summed E-state index contributed by atoms with van der Waals surface area (Å²) in [6, 6.07) is 1.63. The van der Waals surface area contributed by atoms with Gasteiger partial charge in [-0.2, -0.15) is 0 Å². The van der Waals surface area contributed by atoms with Crippen molar-refractivity contribution in [1.29, 1.82) is 0 Å². The third kappa shape index (κ3) is 2.71. The molecular weight excluding hydrogens is 190 g/mol. The summed E-state index contributed by atoms with van der Waals surface area (Å²) in [5.74, 6) is -0.502. The van der Waals surface area contributed by atoms with Crippen LogP contribution >= 0.6 is 11.8 Å². The minimum Gasteiger partial charge on any atom is -0.478 e. The second-order valence-corrected chi connectivity index (χ2v) is 3.39. The number of nitrogens with zero attached hydrogens (tertiary/aromatic N) is 1. The van der Waals surface area contributed by atoms with Crippen molar-refractivity contribution in [2.45, 2.75) is 4.90 Å². The van der Waals surface area contributed by atoms with E-state index in [2.05, 4.69) is 4.98 Å². The number of carboxylic acid groups (broad SMARTS) is 1. The Morgan fingerprint density at radius 1 is 1.62 bits per heavy atom. The first-order valence-corrected chi connectivity index (χ1v) is 4.65. The van der Waals surface area contributed by atoms with E-state index in [4.69, 9.17) is 10.2 Å². The first-order valence-electron chi connectivity index (χ1n) is 3.66. The zero-order valence-corrected chi connectivity index (χ0v) is 7.62. The Balaban J connectivity index is 2.84. The van der Waals surface area contributed by atoms with Gasteiger partial charge in [-0.25, -0.2) is 4.79 Å². The van der Waals surface area contributed by atoms with E-state index >= 15 is 0 Å². The molecule has 13 heavy (non-hydrogen) atoms. The van der Waals surface area contributed by atoms with Gasteiger partial charge in [-0.15, -0.1) is 11.8 Å². The van der Waals surface area contributed by atoms with E-state index in [1.807, 2.05) is 0 Å². The van der Waals surface area contributed by atoms with Gasteiger partial charge in [0, 0.05) is 23.0 Å². The Labute approximate surface area is 79.6 Å². The number of hydrogen-bond acceptors (Lipinski definition) is 4. The highest BCUT2D eigenvalue weighted by molar-refractivity contribution is 7.99. The first-order chi connectivity index (χ1) is 6.25. The molecule has 0 atom stereocenters. The Hall–Kier alpha value is -1.07. The van der Waals surface area contributed by atoms with Crippen LogP contribution in [0, 0.1) is 0 Å². The molecule has 0 amide bonds. The summed E-state index contributed by atoms with van der Waals surface area (Å²) in [6.45, 7) is 0.0338. The zero-order chi connectivity index (χ0) is 9.68. The normalized spacial score (nSPS) is 9.92. The fourth-order valence-electron chi connectivity index (χ4n) is 0.824. The van der Waals surface area contributed by atoms with Crippen molar-refractivity contribution in [3.8, 4) is 0 Å². The Kier molecular flexibility index (Phi) is 3.72. The van der Waals surface area contributed by atoms with Crippen molar-refractivity contribution in [1.82, 2.24) is 4.98 Å². The molecule has 1 aromatic rings. The maximum atomic E-state index is 10.7. The summed E-state index contributed by atoms with van der Waals surface area (Å²) in [7, 11) is 0. The number of aromatic carboxylic acids is 1. The van der Waals surface area contributed by atoms with Crippen molar-refractivity contribution in [2.24, 2.45) is 0 Å². The van der Waals surface area contributed by atoms with Crippen LogP contribution in [0.3, 0.4) is 0 Å². The van der Waals surface area contributed by atoms with Crippen LogP contribution in [0.2, 0.25) is 0 Å². The Morgan fingerprint density at radius 3 is 3.00 bits per heavy atom. The van der Waals surface area contributed by atoms with Gasteiger partial charge in [0.2, 0.25) is 0 Å². The van der Waals surface area contributed by atoms with E-state index in [-0.39, 0.29) is 12.2 Å². The monoisotopic (exact) mass is 199 g/mol. The van der Waals surface area contributed by atoms with Gasteiger partial charge >= 0.3 is 5.97 Å². The van der Waals surface area contributed by atoms with Crippen molar-refractivity contribution < 1.29 is 15.0 Å².